The van der Waals surface area contributed by atoms with Crippen molar-refractivity contribution in [3.05, 3.63) is 71.4 Å². The highest BCUT2D eigenvalue weighted by Crippen LogP contribution is 2.20. The third-order valence-corrected chi connectivity index (χ3v) is 6.78. The minimum atomic E-state index is -3.75. The van der Waals surface area contributed by atoms with E-state index in [1.807, 2.05) is 36.4 Å². The summed E-state index contributed by atoms with van der Waals surface area (Å²) in [4.78, 5) is 13.9. The molecule has 0 aliphatic rings. The summed E-state index contributed by atoms with van der Waals surface area (Å²) in [6.07, 6.45) is 1.60. The summed E-state index contributed by atoms with van der Waals surface area (Å²) >= 11 is 5.94. The molecule has 0 atom stereocenters. The van der Waals surface area contributed by atoms with Gasteiger partial charge in [-0.25, -0.2) is 13.1 Å². The van der Waals surface area contributed by atoms with Crippen LogP contribution < -0.4 is 4.72 Å². The Bertz CT molecular complexity index is 1120. The van der Waals surface area contributed by atoms with E-state index >= 15 is 0 Å². The van der Waals surface area contributed by atoms with Gasteiger partial charge in [-0.05, 0) is 31.0 Å². The van der Waals surface area contributed by atoms with Gasteiger partial charge in [0.15, 0.2) is 0 Å². The van der Waals surface area contributed by atoms with Crippen molar-refractivity contribution in [1.82, 2.24) is 19.8 Å². The normalized spacial score (nSPS) is 11.4. The molecule has 0 unspecified atom stereocenters. The van der Waals surface area contributed by atoms with Crippen LogP contribution in [0.5, 0.6) is 0 Å². The summed E-state index contributed by atoms with van der Waals surface area (Å²) in [5.41, 5.74) is 2.95. The Labute approximate surface area is 187 Å². The van der Waals surface area contributed by atoms with Crippen LogP contribution in [0.25, 0.3) is 11.3 Å². The fraction of sp³-hybridized carbons (Fsp3) is 0.273. The zero-order valence-electron chi connectivity index (χ0n) is 17.2. The molecular formula is C22H25ClN4O3S. The van der Waals surface area contributed by atoms with Gasteiger partial charge in [0, 0.05) is 37.8 Å². The van der Waals surface area contributed by atoms with Crippen molar-refractivity contribution < 1.29 is 13.2 Å². The van der Waals surface area contributed by atoms with Gasteiger partial charge in [-0.3, -0.25) is 9.89 Å². The van der Waals surface area contributed by atoms with Crippen molar-refractivity contribution in [3.8, 4) is 11.3 Å². The quantitative estimate of drug-likeness (QED) is 0.484. The molecule has 31 heavy (non-hydrogen) atoms. The van der Waals surface area contributed by atoms with Gasteiger partial charge in [-0.15, -0.1) is 0 Å². The van der Waals surface area contributed by atoms with E-state index < -0.39 is 10.0 Å². The Morgan fingerprint density at radius 2 is 1.84 bits per heavy atom. The number of sulfonamides is 1. The Morgan fingerprint density at radius 1 is 1.13 bits per heavy atom. The Balaban J connectivity index is 1.41. The molecule has 1 amide bonds. The number of benzene rings is 2. The van der Waals surface area contributed by atoms with Crippen molar-refractivity contribution in [2.24, 2.45) is 0 Å². The Kier molecular flexibility index (Phi) is 7.84. The Morgan fingerprint density at radius 3 is 2.58 bits per heavy atom. The molecule has 1 aromatic heterocycles. The third kappa shape index (κ3) is 6.40. The van der Waals surface area contributed by atoms with Gasteiger partial charge in [-0.2, -0.15) is 5.10 Å². The second-order valence-electron chi connectivity index (χ2n) is 7.14. The predicted molar refractivity (Wildman–Crippen MR) is 121 cm³/mol. The van der Waals surface area contributed by atoms with Crippen molar-refractivity contribution >= 4 is 27.5 Å². The van der Waals surface area contributed by atoms with E-state index in [4.69, 9.17) is 11.6 Å². The molecule has 0 aliphatic carbocycles. The zero-order chi connectivity index (χ0) is 22.3. The molecule has 0 radical (unpaired) electrons. The molecule has 0 bridgehead atoms. The van der Waals surface area contributed by atoms with E-state index in [2.05, 4.69) is 14.9 Å². The molecule has 2 N–H and O–H groups in total. The van der Waals surface area contributed by atoms with Gasteiger partial charge in [0.2, 0.25) is 15.9 Å². The number of aromatic amines is 1. The van der Waals surface area contributed by atoms with Gasteiger partial charge in [0.05, 0.1) is 10.7 Å². The van der Waals surface area contributed by atoms with Crippen molar-refractivity contribution in [3.63, 3.8) is 0 Å². The smallest absolute Gasteiger partial charge is 0.242 e. The minimum Gasteiger partial charge on any atom is -0.346 e. The number of hydrogen-bond donors (Lipinski definition) is 2. The molecule has 0 spiro atoms. The summed E-state index contributed by atoms with van der Waals surface area (Å²) < 4.78 is 27.0. The number of halogens is 1. The molecule has 2 aromatic carbocycles. The van der Waals surface area contributed by atoms with Gasteiger partial charge in [0.25, 0.3) is 0 Å². The average molecular weight is 461 g/mol. The van der Waals surface area contributed by atoms with Gasteiger partial charge in [-0.1, -0.05) is 54.1 Å². The SMILES string of the molecule is CN(CCCc1cc(-c2ccccc2)n[nH]1)C(=O)CCNS(=O)(=O)c1ccccc1Cl. The summed E-state index contributed by atoms with van der Waals surface area (Å²) in [5, 5.41) is 7.52. The number of amides is 1. The van der Waals surface area contributed by atoms with E-state index in [1.54, 1.807) is 24.1 Å². The molecule has 9 heteroatoms. The lowest BCUT2D eigenvalue weighted by molar-refractivity contribution is -0.129. The lowest BCUT2D eigenvalue weighted by atomic mass is 10.1. The largest absolute Gasteiger partial charge is 0.346 e. The van der Waals surface area contributed by atoms with Crippen LogP contribution in [0.1, 0.15) is 18.5 Å². The first-order valence-corrected chi connectivity index (χ1v) is 11.8. The third-order valence-electron chi connectivity index (χ3n) is 4.82. The fourth-order valence-electron chi connectivity index (χ4n) is 3.10. The summed E-state index contributed by atoms with van der Waals surface area (Å²) in [6.45, 7) is 0.577. The molecule has 3 rings (SSSR count). The molecule has 0 saturated heterocycles. The standard InChI is InChI=1S/C22H25ClN4O3S/c1-27(15-7-10-18-16-20(26-25-18)17-8-3-2-4-9-17)22(28)13-14-24-31(29,30)21-12-6-5-11-19(21)23/h2-6,8-9,11-12,16,24H,7,10,13-15H2,1H3,(H,25,26). The maximum Gasteiger partial charge on any atom is 0.242 e. The number of rotatable bonds is 10. The van der Waals surface area contributed by atoms with E-state index in [0.29, 0.717) is 6.54 Å². The number of nitrogens with zero attached hydrogens (tertiary/aromatic N) is 2. The van der Waals surface area contributed by atoms with Crippen LogP contribution in [-0.2, 0) is 21.2 Å². The predicted octanol–water partition coefficient (Wildman–Crippen LogP) is 3.49. The van der Waals surface area contributed by atoms with E-state index in [1.165, 1.54) is 12.1 Å². The molecule has 0 fully saturated rings. The maximum absolute atomic E-state index is 12.3. The van der Waals surface area contributed by atoms with Crippen LogP contribution in [-0.4, -0.2) is 49.6 Å². The van der Waals surface area contributed by atoms with Crippen LogP contribution in [0.15, 0.2) is 65.6 Å². The first-order valence-electron chi connectivity index (χ1n) is 9.94. The van der Waals surface area contributed by atoms with Gasteiger partial charge in [0.1, 0.15) is 4.90 Å². The molecule has 1 heterocycles. The first-order chi connectivity index (χ1) is 14.9. The second kappa shape index (κ2) is 10.6. The summed E-state index contributed by atoms with van der Waals surface area (Å²) in [6, 6.07) is 18.1. The highest BCUT2D eigenvalue weighted by atomic mass is 35.5. The van der Waals surface area contributed by atoms with Crippen LogP contribution in [0.4, 0.5) is 0 Å². The number of aryl methyl sites for hydroxylation is 1. The fourth-order valence-corrected chi connectivity index (χ4v) is 4.65. The molecular weight excluding hydrogens is 436 g/mol. The number of hydrogen-bond acceptors (Lipinski definition) is 4. The van der Waals surface area contributed by atoms with Gasteiger partial charge < -0.3 is 4.90 Å². The Hall–Kier alpha value is -2.68. The van der Waals surface area contributed by atoms with Crippen LogP contribution >= 0.6 is 11.6 Å². The van der Waals surface area contributed by atoms with Gasteiger partial charge >= 0.3 is 0 Å². The summed E-state index contributed by atoms with van der Waals surface area (Å²) in [7, 11) is -2.03. The zero-order valence-corrected chi connectivity index (χ0v) is 18.8. The minimum absolute atomic E-state index is 0.00639. The summed E-state index contributed by atoms with van der Waals surface area (Å²) in [5.74, 6) is -0.128. The molecule has 3 aromatic rings. The second-order valence-corrected chi connectivity index (χ2v) is 9.28. The van der Waals surface area contributed by atoms with Crippen LogP contribution in [0.3, 0.4) is 0 Å². The van der Waals surface area contributed by atoms with Crippen molar-refractivity contribution in [2.75, 3.05) is 20.1 Å². The van der Waals surface area contributed by atoms with Crippen LogP contribution in [0, 0.1) is 0 Å². The number of nitrogens with one attached hydrogen (secondary N) is 2. The lowest BCUT2D eigenvalue weighted by Crippen LogP contribution is -2.33. The maximum atomic E-state index is 12.3. The lowest BCUT2D eigenvalue weighted by Gasteiger charge is -2.17. The average Bonchev–Trinajstić information content (AvgIpc) is 3.23. The monoisotopic (exact) mass is 460 g/mol. The van der Waals surface area contributed by atoms with E-state index in [9.17, 15) is 13.2 Å². The number of H-pyrrole nitrogens is 1. The molecule has 164 valence electrons. The van der Waals surface area contributed by atoms with Crippen molar-refractivity contribution in [1.29, 1.82) is 0 Å². The molecule has 0 saturated carbocycles. The van der Waals surface area contributed by atoms with Crippen molar-refractivity contribution in [2.45, 2.75) is 24.2 Å². The first kappa shape index (κ1) is 23.0. The highest BCUT2D eigenvalue weighted by molar-refractivity contribution is 7.89. The number of aromatic nitrogens is 2. The number of carbonyl (C=O) groups is 1. The molecule has 0 aliphatic heterocycles. The topological polar surface area (TPSA) is 95.2 Å². The van der Waals surface area contributed by atoms with E-state index in [0.717, 1.165) is 29.8 Å². The number of carbonyl (C=O) groups excluding carboxylic acids is 1. The highest BCUT2D eigenvalue weighted by Gasteiger charge is 2.18. The van der Waals surface area contributed by atoms with Crippen LogP contribution in [0.2, 0.25) is 5.02 Å². The molecule has 7 nitrogen and oxygen atoms in total. The van der Waals surface area contributed by atoms with E-state index in [-0.39, 0.29) is 28.8 Å².